The van der Waals surface area contributed by atoms with Gasteiger partial charge in [-0.05, 0) is 62.5 Å². The summed E-state index contributed by atoms with van der Waals surface area (Å²) >= 11 is 0. The van der Waals surface area contributed by atoms with E-state index in [2.05, 4.69) is 140 Å². The highest BCUT2D eigenvalue weighted by molar-refractivity contribution is 7.04. The van der Waals surface area contributed by atoms with Crippen LogP contribution < -0.4 is 10.4 Å². The van der Waals surface area contributed by atoms with E-state index in [1.54, 1.807) is 0 Å². The van der Waals surface area contributed by atoms with E-state index in [0.717, 1.165) is 49.8 Å². The monoisotopic (exact) mass is 683 g/mol. The molecule has 0 amide bonds. The van der Waals surface area contributed by atoms with Crippen molar-refractivity contribution in [3.8, 4) is 67.5 Å². The van der Waals surface area contributed by atoms with Crippen molar-refractivity contribution in [1.82, 2.24) is 15.0 Å². The Morgan fingerprint density at radius 3 is 1.67 bits per heavy atom. The first-order valence-corrected chi connectivity index (χ1v) is 20.7. The van der Waals surface area contributed by atoms with Gasteiger partial charge in [-0.3, -0.25) is 0 Å². The van der Waals surface area contributed by atoms with E-state index in [-0.39, 0.29) is 0 Å². The second-order valence-corrected chi connectivity index (χ2v) is 18.2. The predicted octanol–water partition coefficient (Wildman–Crippen LogP) is 10.9. The van der Waals surface area contributed by atoms with Crippen LogP contribution in [0.2, 0.25) is 13.1 Å². The predicted molar refractivity (Wildman–Crippen MR) is 216 cm³/mol. The highest BCUT2D eigenvalue weighted by Crippen LogP contribution is 2.43. The van der Waals surface area contributed by atoms with Gasteiger partial charge >= 0.3 is 0 Å². The molecule has 0 bridgehead atoms. The summed E-state index contributed by atoms with van der Waals surface area (Å²) in [6.07, 6.45) is 0. The minimum atomic E-state index is -2.11. The van der Waals surface area contributed by atoms with E-state index in [1.807, 2.05) is 36.4 Å². The molecule has 52 heavy (non-hydrogen) atoms. The molecule has 1 aliphatic heterocycles. The number of fused-ring (bicyclic) bond motifs is 6. The first-order chi connectivity index (χ1) is 25.6. The van der Waals surface area contributed by atoms with Crippen LogP contribution in [0.15, 0.2) is 168 Å². The van der Waals surface area contributed by atoms with Gasteiger partial charge < -0.3 is 4.42 Å². The van der Waals surface area contributed by atoms with Gasteiger partial charge in [-0.15, -0.1) is 0 Å². The maximum atomic E-state index is 6.64. The number of hydrogen-bond donors (Lipinski definition) is 0. The summed E-state index contributed by atoms with van der Waals surface area (Å²) in [6, 6.07) is 57.4. The van der Waals surface area contributed by atoms with Gasteiger partial charge in [-0.1, -0.05) is 153 Å². The molecule has 5 heteroatoms. The Labute approximate surface area is 303 Å². The van der Waals surface area contributed by atoms with Crippen molar-refractivity contribution in [2.24, 2.45) is 0 Å². The molecule has 4 nitrogen and oxygen atoms in total. The Bertz CT molecular complexity index is 2810. The number of aromatic nitrogens is 3. The van der Waals surface area contributed by atoms with Crippen molar-refractivity contribution in [2.45, 2.75) is 13.1 Å². The van der Waals surface area contributed by atoms with Crippen molar-refractivity contribution in [3.05, 3.63) is 164 Å². The van der Waals surface area contributed by atoms with Gasteiger partial charge in [0.15, 0.2) is 17.5 Å². The van der Waals surface area contributed by atoms with E-state index in [1.165, 1.54) is 32.6 Å². The minimum absolute atomic E-state index is 0.615. The molecule has 0 atom stereocenters. The normalized spacial score (nSPS) is 13.0. The Balaban J connectivity index is 1.28. The van der Waals surface area contributed by atoms with Crippen molar-refractivity contribution in [3.63, 3.8) is 0 Å². The average molecular weight is 684 g/mol. The molecular weight excluding hydrogens is 651 g/mol. The van der Waals surface area contributed by atoms with Gasteiger partial charge in [0.25, 0.3) is 0 Å². The van der Waals surface area contributed by atoms with Gasteiger partial charge in [0.2, 0.25) is 0 Å². The smallest absolute Gasteiger partial charge is 0.164 e. The number of furan rings is 1. The van der Waals surface area contributed by atoms with Crippen LogP contribution in [0.4, 0.5) is 0 Å². The zero-order valence-corrected chi connectivity index (χ0v) is 29.8. The first kappa shape index (κ1) is 30.4. The summed E-state index contributed by atoms with van der Waals surface area (Å²) in [6.45, 7) is 4.94. The van der Waals surface area contributed by atoms with E-state index in [0.29, 0.717) is 17.5 Å². The average Bonchev–Trinajstić information content (AvgIpc) is 3.71. The second-order valence-electron chi connectivity index (χ2n) is 13.9. The lowest BCUT2D eigenvalue weighted by molar-refractivity contribution is 0.670. The van der Waals surface area contributed by atoms with Crippen LogP contribution in [0, 0.1) is 0 Å². The fourth-order valence-corrected chi connectivity index (χ4v) is 11.6. The molecule has 9 aromatic rings. The quantitative estimate of drug-likeness (QED) is 0.169. The molecule has 1 aliphatic rings. The highest BCUT2D eigenvalue weighted by Gasteiger charge is 2.41. The molecule has 10 rings (SSSR count). The molecular formula is C47H33N3OSi. The number of hydrogen-bond acceptors (Lipinski definition) is 4. The second kappa shape index (κ2) is 11.8. The summed E-state index contributed by atoms with van der Waals surface area (Å²) < 4.78 is 6.64. The van der Waals surface area contributed by atoms with Gasteiger partial charge in [0, 0.05) is 33.0 Å². The Hall–Kier alpha value is -6.43. The van der Waals surface area contributed by atoms with E-state index in [4.69, 9.17) is 19.4 Å². The standard InChI is InChI=1S/C47H33N3OSi/c1-52(2)40-25-15-13-23-36(40)42-38(29-27-34(44(42)52)31-18-8-4-9-19-31)47-49-45(32-20-10-5-11-21-32)48-46(50-47)37-28-26-33(30-16-6-3-7-17-30)43-41(37)35-22-12-14-24-39(35)51-43/h3-29H,1-2H3. The summed E-state index contributed by atoms with van der Waals surface area (Å²) in [5.74, 6) is 1.91. The van der Waals surface area contributed by atoms with Crippen LogP contribution in [-0.2, 0) is 0 Å². The lowest BCUT2D eigenvalue weighted by Gasteiger charge is -2.23. The topological polar surface area (TPSA) is 51.8 Å². The van der Waals surface area contributed by atoms with Crippen LogP contribution in [-0.4, -0.2) is 23.0 Å². The molecule has 0 N–H and O–H groups in total. The van der Waals surface area contributed by atoms with Gasteiger partial charge in [-0.2, -0.15) is 0 Å². The Morgan fingerprint density at radius 2 is 0.942 bits per heavy atom. The van der Waals surface area contributed by atoms with Crippen LogP contribution in [0.5, 0.6) is 0 Å². The van der Waals surface area contributed by atoms with Crippen LogP contribution in [0.3, 0.4) is 0 Å². The molecule has 2 aromatic heterocycles. The highest BCUT2D eigenvalue weighted by atomic mass is 28.3. The molecule has 3 heterocycles. The van der Waals surface area contributed by atoms with Crippen molar-refractivity contribution in [1.29, 1.82) is 0 Å². The zero-order chi connectivity index (χ0) is 34.8. The number of nitrogens with zero attached hydrogens (tertiary/aromatic N) is 3. The third kappa shape index (κ3) is 4.70. The van der Waals surface area contributed by atoms with Crippen molar-refractivity contribution >= 4 is 40.4 Å². The van der Waals surface area contributed by atoms with Crippen LogP contribution >= 0.6 is 0 Å². The largest absolute Gasteiger partial charge is 0.455 e. The molecule has 0 fully saturated rings. The lowest BCUT2D eigenvalue weighted by atomic mass is 9.94. The van der Waals surface area contributed by atoms with Crippen molar-refractivity contribution in [2.75, 3.05) is 0 Å². The third-order valence-corrected chi connectivity index (χ3v) is 14.1. The number of rotatable bonds is 5. The molecule has 0 unspecified atom stereocenters. The summed E-state index contributed by atoms with van der Waals surface area (Å²) in [4.78, 5) is 15.9. The van der Waals surface area contributed by atoms with Crippen molar-refractivity contribution < 1.29 is 4.42 Å². The van der Waals surface area contributed by atoms with Gasteiger partial charge in [0.1, 0.15) is 19.2 Å². The molecule has 0 aliphatic carbocycles. The summed E-state index contributed by atoms with van der Waals surface area (Å²) in [5.41, 5.74) is 11.7. The maximum Gasteiger partial charge on any atom is 0.164 e. The van der Waals surface area contributed by atoms with E-state index in [9.17, 15) is 0 Å². The van der Waals surface area contributed by atoms with Gasteiger partial charge in [-0.25, -0.2) is 15.0 Å². The molecule has 0 saturated heterocycles. The Morgan fingerprint density at radius 1 is 0.423 bits per heavy atom. The maximum absolute atomic E-state index is 6.64. The zero-order valence-electron chi connectivity index (χ0n) is 28.8. The fraction of sp³-hybridized carbons (Fsp3) is 0.0426. The molecule has 246 valence electrons. The van der Waals surface area contributed by atoms with Gasteiger partial charge in [0.05, 0.1) is 0 Å². The molecule has 7 aromatic carbocycles. The SMILES string of the molecule is C[Si]1(C)c2ccccc2-c2c(-c3nc(-c4ccccc4)nc(-c4ccc(-c5ccccc5)c5oc6ccccc6c45)n3)ccc(-c3ccccc3)c21. The third-order valence-electron chi connectivity index (χ3n) is 10.5. The van der Waals surface area contributed by atoms with Crippen LogP contribution in [0.1, 0.15) is 0 Å². The number of para-hydroxylation sites is 1. The molecule has 0 radical (unpaired) electrons. The summed E-state index contributed by atoms with van der Waals surface area (Å²) in [7, 11) is -2.11. The minimum Gasteiger partial charge on any atom is -0.455 e. The van der Waals surface area contributed by atoms with E-state index < -0.39 is 8.07 Å². The summed E-state index contributed by atoms with van der Waals surface area (Å²) in [5, 5.41) is 4.89. The Kier molecular flexibility index (Phi) is 6.91. The van der Waals surface area contributed by atoms with E-state index >= 15 is 0 Å². The number of benzene rings is 7. The molecule has 0 saturated carbocycles. The first-order valence-electron chi connectivity index (χ1n) is 17.7. The fourth-order valence-electron chi connectivity index (χ4n) is 8.15. The molecule has 0 spiro atoms. The van der Waals surface area contributed by atoms with Crippen LogP contribution in [0.25, 0.3) is 89.5 Å². The lowest BCUT2D eigenvalue weighted by Crippen LogP contribution is -2.50.